The van der Waals surface area contributed by atoms with E-state index in [1.807, 2.05) is 0 Å². The molecule has 4 nitrogen and oxygen atoms in total. The average molecular weight is 222 g/mol. The number of unbranched alkanes of at least 4 members (excludes halogenated alkanes) is 1. The number of carbonyl (C=O) groups is 2. The van der Waals surface area contributed by atoms with E-state index in [1.165, 1.54) is 6.07 Å². The topological polar surface area (TPSA) is 74.6 Å². The molecule has 2 N–H and O–H groups in total. The number of carboxylic acids is 1. The monoisotopic (exact) mass is 222 g/mol. The second-order valence-corrected chi connectivity index (χ2v) is 3.61. The number of carbonyl (C=O) groups excluding carboxylic acids is 1. The molecule has 0 aliphatic carbocycles. The molecule has 0 radical (unpaired) electrons. The Morgan fingerprint density at radius 2 is 2.06 bits per heavy atom. The van der Waals surface area contributed by atoms with E-state index in [4.69, 9.17) is 5.11 Å². The number of benzene rings is 1. The van der Waals surface area contributed by atoms with Crippen molar-refractivity contribution in [2.24, 2.45) is 0 Å². The van der Waals surface area contributed by atoms with Crippen molar-refractivity contribution in [3.05, 3.63) is 29.3 Å². The summed E-state index contributed by atoms with van der Waals surface area (Å²) < 4.78 is 0. The quantitative estimate of drug-likeness (QED) is 0.570. The lowest BCUT2D eigenvalue weighted by atomic mass is 10.0. The van der Waals surface area contributed by atoms with Gasteiger partial charge < -0.3 is 10.2 Å². The summed E-state index contributed by atoms with van der Waals surface area (Å²) >= 11 is 0. The van der Waals surface area contributed by atoms with Gasteiger partial charge in [0.05, 0.1) is 5.56 Å². The molecular weight excluding hydrogens is 208 g/mol. The molecule has 4 heteroatoms. The predicted molar refractivity (Wildman–Crippen MR) is 58.7 cm³/mol. The second-order valence-electron chi connectivity index (χ2n) is 3.61. The van der Waals surface area contributed by atoms with Gasteiger partial charge in [0.15, 0.2) is 6.29 Å². The van der Waals surface area contributed by atoms with Crippen molar-refractivity contribution in [1.29, 1.82) is 0 Å². The van der Waals surface area contributed by atoms with E-state index in [2.05, 4.69) is 0 Å². The molecule has 0 aliphatic heterocycles. The van der Waals surface area contributed by atoms with Crippen LogP contribution in [-0.2, 0) is 11.2 Å². The third kappa shape index (κ3) is 3.73. The Bertz CT molecular complexity index is 385. The fourth-order valence-corrected chi connectivity index (χ4v) is 1.46. The maximum absolute atomic E-state index is 10.6. The first-order valence-corrected chi connectivity index (χ1v) is 5.12. The number of aldehydes is 1. The van der Waals surface area contributed by atoms with Crippen LogP contribution < -0.4 is 0 Å². The summed E-state index contributed by atoms with van der Waals surface area (Å²) in [4.78, 5) is 20.8. The van der Waals surface area contributed by atoms with Crippen molar-refractivity contribution in [1.82, 2.24) is 0 Å². The number of rotatable bonds is 6. The molecule has 0 aromatic heterocycles. The van der Waals surface area contributed by atoms with Gasteiger partial charge in [0.2, 0.25) is 0 Å². The van der Waals surface area contributed by atoms with Crippen LogP contribution in [-0.4, -0.2) is 22.5 Å². The van der Waals surface area contributed by atoms with Crippen molar-refractivity contribution in [3.8, 4) is 5.75 Å². The first-order valence-electron chi connectivity index (χ1n) is 5.12. The summed E-state index contributed by atoms with van der Waals surface area (Å²) in [6, 6.07) is 4.85. The highest BCUT2D eigenvalue weighted by Crippen LogP contribution is 2.17. The molecule has 1 aromatic rings. The van der Waals surface area contributed by atoms with Crippen molar-refractivity contribution in [2.75, 3.05) is 0 Å². The normalized spacial score (nSPS) is 10.0. The molecule has 0 atom stereocenters. The molecule has 86 valence electrons. The largest absolute Gasteiger partial charge is 0.507 e. The van der Waals surface area contributed by atoms with E-state index in [9.17, 15) is 14.7 Å². The molecular formula is C12H14O4. The Balaban J connectivity index is 2.48. The minimum Gasteiger partial charge on any atom is -0.507 e. The van der Waals surface area contributed by atoms with Crippen LogP contribution in [0, 0.1) is 0 Å². The minimum absolute atomic E-state index is 0.0238. The molecule has 0 bridgehead atoms. The molecule has 0 unspecified atom stereocenters. The molecule has 0 aliphatic rings. The van der Waals surface area contributed by atoms with Crippen LogP contribution in [0.4, 0.5) is 0 Å². The maximum Gasteiger partial charge on any atom is 0.303 e. The molecule has 1 aromatic carbocycles. The summed E-state index contributed by atoms with van der Waals surface area (Å²) in [6.07, 6.45) is 2.87. The standard InChI is InChI=1S/C12H14O4/c13-8-10-7-9(5-6-11(10)14)3-1-2-4-12(15)16/h5-8,14H,1-4H2,(H,15,16). The summed E-state index contributed by atoms with van der Waals surface area (Å²) in [6.45, 7) is 0. The fourth-order valence-electron chi connectivity index (χ4n) is 1.46. The van der Waals surface area contributed by atoms with E-state index in [0.717, 1.165) is 12.0 Å². The smallest absolute Gasteiger partial charge is 0.303 e. The lowest BCUT2D eigenvalue weighted by Crippen LogP contribution is -1.95. The van der Waals surface area contributed by atoms with Crippen LogP contribution in [0.5, 0.6) is 5.75 Å². The number of hydrogen-bond acceptors (Lipinski definition) is 3. The molecule has 16 heavy (non-hydrogen) atoms. The van der Waals surface area contributed by atoms with Gasteiger partial charge in [-0.05, 0) is 37.0 Å². The van der Waals surface area contributed by atoms with Gasteiger partial charge in [0.25, 0.3) is 0 Å². The van der Waals surface area contributed by atoms with Gasteiger partial charge in [0.1, 0.15) is 5.75 Å². The van der Waals surface area contributed by atoms with Gasteiger partial charge in [-0.3, -0.25) is 9.59 Å². The summed E-state index contributed by atoms with van der Waals surface area (Å²) in [5, 5.41) is 17.7. The lowest BCUT2D eigenvalue weighted by molar-refractivity contribution is -0.137. The number of aromatic hydroxyl groups is 1. The Hall–Kier alpha value is -1.84. The molecule has 0 heterocycles. The summed E-state index contributed by atoms with van der Waals surface area (Å²) in [7, 11) is 0. The zero-order valence-corrected chi connectivity index (χ0v) is 8.85. The highest BCUT2D eigenvalue weighted by Gasteiger charge is 2.02. The van der Waals surface area contributed by atoms with Gasteiger partial charge in [-0.2, -0.15) is 0 Å². The zero-order valence-electron chi connectivity index (χ0n) is 8.85. The van der Waals surface area contributed by atoms with E-state index < -0.39 is 5.97 Å². The van der Waals surface area contributed by atoms with Crippen LogP contribution in [0.2, 0.25) is 0 Å². The molecule has 0 fully saturated rings. The number of carboxylic acid groups (broad SMARTS) is 1. The first kappa shape index (κ1) is 12.2. The predicted octanol–water partition coefficient (Wildman–Crippen LogP) is 2.00. The molecule has 1 rings (SSSR count). The van der Waals surface area contributed by atoms with Crippen molar-refractivity contribution >= 4 is 12.3 Å². The van der Waals surface area contributed by atoms with Gasteiger partial charge >= 0.3 is 5.97 Å². The van der Waals surface area contributed by atoms with Crippen molar-refractivity contribution in [2.45, 2.75) is 25.7 Å². The number of phenolic OH excluding ortho intramolecular Hbond substituents is 1. The molecule has 0 spiro atoms. The van der Waals surface area contributed by atoms with Crippen LogP contribution in [0.25, 0.3) is 0 Å². The van der Waals surface area contributed by atoms with E-state index in [1.54, 1.807) is 12.1 Å². The Morgan fingerprint density at radius 3 is 2.69 bits per heavy atom. The molecule has 0 saturated carbocycles. The second kappa shape index (κ2) is 5.90. The van der Waals surface area contributed by atoms with Crippen LogP contribution >= 0.6 is 0 Å². The van der Waals surface area contributed by atoms with E-state index in [-0.39, 0.29) is 17.7 Å². The number of aryl methyl sites for hydroxylation is 1. The van der Waals surface area contributed by atoms with Crippen LogP contribution in [0.1, 0.15) is 35.2 Å². The van der Waals surface area contributed by atoms with Crippen molar-refractivity contribution in [3.63, 3.8) is 0 Å². The van der Waals surface area contributed by atoms with Gasteiger partial charge in [-0.1, -0.05) is 6.07 Å². The maximum atomic E-state index is 10.6. The third-order valence-corrected chi connectivity index (χ3v) is 2.33. The summed E-state index contributed by atoms with van der Waals surface area (Å²) in [5.74, 6) is -0.816. The number of aliphatic carboxylic acids is 1. The van der Waals surface area contributed by atoms with E-state index in [0.29, 0.717) is 19.1 Å². The Morgan fingerprint density at radius 1 is 1.31 bits per heavy atom. The first-order chi connectivity index (χ1) is 7.63. The lowest BCUT2D eigenvalue weighted by Gasteiger charge is -2.03. The summed E-state index contributed by atoms with van der Waals surface area (Å²) in [5.41, 5.74) is 1.21. The number of phenols is 1. The van der Waals surface area contributed by atoms with Gasteiger partial charge in [-0.25, -0.2) is 0 Å². The van der Waals surface area contributed by atoms with E-state index >= 15 is 0 Å². The van der Waals surface area contributed by atoms with Gasteiger partial charge in [-0.15, -0.1) is 0 Å². The number of hydrogen-bond donors (Lipinski definition) is 2. The highest BCUT2D eigenvalue weighted by atomic mass is 16.4. The van der Waals surface area contributed by atoms with Gasteiger partial charge in [0, 0.05) is 6.42 Å². The fraction of sp³-hybridized carbons (Fsp3) is 0.333. The van der Waals surface area contributed by atoms with Crippen LogP contribution in [0.15, 0.2) is 18.2 Å². The molecule has 0 saturated heterocycles. The van der Waals surface area contributed by atoms with Crippen LogP contribution in [0.3, 0.4) is 0 Å². The zero-order chi connectivity index (χ0) is 12.0. The minimum atomic E-state index is -0.792. The Labute approximate surface area is 93.5 Å². The SMILES string of the molecule is O=Cc1cc(CCCCC(=O)O)ccc1O. The van der Waals surface area contributed by atoms with Crippen molar-refractivity contribution < 1.29 is 19.8 Å². The highest BCUT2D eigenvalue weighted by molar-refractivity contribution is 5.79. The Kier molecular flexibility index (Phi) is 4.51. The third-order valence-electron chi connectivity index (χ3n) is 2.33. The average Bonchev–Trinajstić information content (AvgIpc) is 2.26. The molecule has 0 amide bonds.